The number of anilines is 1. The number of benzene rings is 2. The highest BCUT2D eigenvalue weighted by Crippen LogP contribution is 2.32. The van der Waals surface area contributed by atoms with Gasteiger partial charge in [0, 0.05) is 11.4 Å². The lowest BCUT2D eigenvalue weighted by Gasteiger charge is -2.39. The molecule has 0 spiro atoms. The number of methoxy groups -OCH3 is 1. The van der Waals surface area contributed by atoms with Gasteiger partial charge in [0.2, 0.25) is 0 Å². The van der Waals surface area contributed by atoms with Crippen molar-refractivity contribution in [2.45, 2.75) is 26.4 Å². The largest absolute Gasteiger partial charge is 0.497 e. The molecule has 0 radical (unpaired) electrons. The monoisotopic (exact) mass is 322 g/mol. The average Bonchev–Trinajstić information content (AvgIpc) is 2.62. The second-order valence-electron chi connectivity index (χ2n) is 5.79. The van der Waals surface area contributed by atoms with Crippen LogP contribution in [0.4, 0.5) is 5.69 Å². The van der Waals surface area contributed by atoms with Gasteiger partial charge in [0.25, 0.3) is 5.91 Å². The molecule has 1 aliphatic heterocycles. The highest BCUT2D eigenvalue weighted by Gasteiger charge is 2.31. The molecule has 4 heteroatoms. The molecule has 0 fully saturated rings. The number of nitrogens with zero attached hydrogens (tertiary/aromatic N) is 1. The van der Waals surface area contributed by atoms with Crippen LogP contribution >= 0.6 is 0 Å². The Bertz CT molecular complexity index is 751. The van der Waals surface area contributed by atoms with Crippen LogP contribution in [0.15, 0.2) is 60.3 Å². The van der Waals surface area contributed by atoms with Crippen LogP contribution in [0.25, 0.3) is 5.57 Å². The van der Waals surface area contributed by atoms with Gasteiger partial charge in [-0.3, -0.25) is 4.79 Å². The Kier molecular flexibility index (Phi) is 4.56. The van der Waals surface area contributed by atoms with Crippen LogP contribution in [-0.4, -0.2) is 19.2 Å². The number of carbonyl (C=O) groups is 1. The van der Waals surface area contributed by atoms with Crippen molar-refractivity contribution >= 4 is 17.2 Å². The van der Waals surface area contributed by atoms with Gasteiger partial charge in [0.15, 0.2) is 0 Å². The summed E-state index contributed by atoms with van der Waals surface area (Å²) in [4.78, 5) is 14.8. The van der Waals surface area contributed by atoms with E-state index >= 15 is 0 Å². The summed E-state index contributed by atoms with van der Waals surface area (Å²) < 4.78 is 5.24. The van der Waals surface area contributed by atoms with Crippen LogP contribution in [-0.2, 0) is 4.79 Å². The van der Waals surface area contributed by atoms with Gasteiger partial charge in [-0.25, -0.2) is 0 Å². The summed E-state index contributed by atoms with van der Waals surface area (Å²) in [6.45, 7) is 4.08. The zero-order chi connectivity index (χ0) is 17.1. The molecular formula is C20H22N2O2. The Morgan fingerprint density at radius 2 is 1.75 bits per heavy atom. The third kappa shape index (κ3) is 2.87. The predicted molar refractivity (Wildman–Crippen MR) is 96.7 cm³/mol. The van der Waals surface area contributed by atoms with Gasteiger partial charge < -0.3 is 15.0 Å². The molecule has 0 bridgehead atoms. The van der Waals surface area contributed by atoms with Crippen molar-refractivity contribution in [1.82, 2.24) is 5.32 Å². The molecule has 0 saturated carbocycles. The Morgan fingerprint density at radius 3 is 2.33 bits per heavy atom. The summed E-state index contributed by atoms with van der Waals surface area (Å²) in [5.74, 6) is 0.799. The molecule has 1 N–H and O–H groups in total. The molecule has 4 nitrogen and oxygen atoms in total. The Balaban J connectivity index is 2.09. The first-order chi connectivity index (χ1) is 11.7. The van der Waals surface area contributed by atoms with Gasteiger partial charge in [0.1, 0.15) is 11.9 Å². The maximum Gasteiger partial charge on any atom is 0.255 e. The van der Waals surface area contributed by atoms with Crippen LogP contribution < -0.4 is 15.0 Å². The Hall–Kier alpha value is -2.75. The topological polar surface area (TPSA) is 41.6 Å². The quantitative estimate of drug-likeness (QED) is 0.931. The second kappa shape index (κ2) is 6.79. The van der Waals surface area contributed by atoms with Crippen LogP contribution in [0.3, 0.4) is 0 Å². The number of amides is 1. The molecule has 0 aliphatic carbocycles. The van der Waals surface area contributed by atoms with E-state index in [-0.39, 0.29) is 12.1 Å². The maximum atomic E-state index is 12.6. The van der Waals surface area contributed by atoms with E-state index in [1.54, 1.807) is 7.11 Å². The Labute approximate surface area is 142 Å². The number of rotatable bonds is 4. The predicted octanol–water partition coefficient (Wildman–Crippen LogP) is 3.80. The fraction of sp³-hybridized carbons (Fsp3) is 0.250. The first-order valence-electron chi connectivity index (χ1n) is 8.16. The van der Waals surface area contributed by atoms with Gasteiger partial charge in [-0.05, 0) is 43.2 Å². The summed E-state index contributed by atoms with van der Waals surface area (Å²) in [5, 5.41) is 3.12. The number of hydrogen-bond acceptors (Lipinski definition) is 3. The van der Waals surface area contributed by atoms with E-state index < -0.39 is 0 Å². The van der Waals surface area contributed by atoms with E-state index in [0.29, 0.717) is 0 Å². The summed E-state index contributed by atoms with van der Waals surface area (Å²) in [6.07, 6.45) is 0.760. The third-order valence-electron chi connectivity index (χ3n) is 4.36. The molecule has 0 aromatic heterocycles. The highest BCUT2D eigenvalue weighted by atomic mass is 16.5. The van der Waals surface area contributed by atoms with Gasteiger partial charge in [0.05, 0.1) is 12.7 Å². The fourth-order valence-electron chi connectivity index (χ4n) is 3.15. The van der Waals surface area contributed by atoms with Crippen LogP contribution in [0.5, 0.6) is 5.75 Å². The first kappa shape index (κ1) is 16.1. The normalized spacial score (nSPS) is 17.7. The molecule has 124 valence electrons. The van der Waals surface area contributed by atoms with Gasteiger partial charge in [-0.1, -0.05) is 37.3 Å². The number of hydrogen-bond donors (Lipinski definition) is 1. The lowest BCUT2D eigenvalue weighted by atomic mass is 9.99. The average molecular weight is 322 g/mol. The van der Waals surface area contributed by atoms with Gasteiger partial charge in [-0.15, -0.1) is 0 Å². The minimum Gasteiger partial charge on any atom is -0.497 e. The van der Waals surface area contributed by atoms with Crippen molar-refractivity contribution in [2.24, 2.45) is 0 Å². The zero-order valence-corrected chi connectivity index (χ0v) is 14.2. The van der Waals surface area contributed by atoms with E-state index in [1.807, 2.05) is 61.5 Å². The lowest BCUT2D eigenvalue weighted by molar-refractivity contribution is -0.116. The molecule has 1 atom stereocenters. The lowest BCUT2D eigenvalue weighted by Crippen LogP contribution is -2.52. The van der Waals surface area contributed by atoms with Crippen molar-refractivity contribution in [3.63, 3.8) is 0 Å². The van der Waals surface area contributed by atoms with Crippen LogP contribution in [0, 0.1) is 0 Å². The van der Waals surface area contributed by atoms with Crippen LogP contribution in [0.1, 0.15) is 25.8 Å². The molecule has 1 amide bonds. The van der Waals surface area contributed by atoms with Crippen molar-refractivity contribution < 1.29 is 9.53 Å². The first-order valence-corrected chi connectivity index (χ1v) is 8.16. The number of nitrogens with one attached hydrogen (secondary N) is 1. The highest BCUT2D eigenvalue weighted by molar-refractivity contribution is 6.22. The minimum atomic E-state index is -0.0571. The molecular weight excluding hydrogens is 300 g/mol. The summed E-state index contributed by atoms with van der Waals surface area (Å²) in [7, 11) is 1.66. The fourth-order valence-corrected chi connectivity index (χ4v) is 3.15. The summed E-state index contributed by atoms with van der Waals surface area (Å²) in [5.41, 5.74) is 3.65. The van der Waals surface area contributed by atoms with Gasteiger partial charge >= 0.3 is 0 Å². The molecule has 1 heterocycles. The molecule has 1 unspecified atom stereocenters. The second-order valence-corrected chi connectivity index (χ2v) is 5.79. The molecule has 0 saturated heterocycles. The van der Waals surface area contributed by atoms with E-state index in [2.05, 4.69) is 17.1 Å². The Morgan fingerprint density at radius 1 is 1.08 bits per heavy atom. The summed E-state index contributed by atoms with van der Waals surface area (Å²) >= 11 is 0. The molecule has 2 aromatic rings. The van der Waals surface area contributed by atoms with Crippen molar-refractivity contribution in [2.75, 3.05) is 12.0 Å². The number of allylic oxidation sites excluding steroid dienone is 1. The third-order valence-corrected chi connectivity index (χ3v) is 4.36. The van der Waals surface area contributed by atoms with E-state index in [9.17, 15) is 4.79 Å². The minimum absolute atomic E-state index is 0.0182. The van der Waals surface area contributed by atoms with Gasteiger partial charge in [-0.2, -0.15) is 0 Å². The number of ether oxygens (including phenoxy) is 1. The maximum absolute atomic E-state index is 12.6. The molecule has 24 heavy (non-hydrogen) atoms. The van der Waals surface area contributed by atoms with E-state index in [4.69, 9.17) is 4.74 Å². The van der Waals surface area contributed by atoms with Crippen LogP contribution in [0.2, 0.25) is 0 Å². The summed E-state index contributed by atoms with van der Waals surface area (Å²) in [6, 6.07) is 17.7. The SMILES string of the molecule is CCC1NC(=O)C(c2ccccc2)=C(C)N1c1ccc(OC)cc1. The smallest absolute Gasteiger partial charge is 0.255 e. The molecule has 3 rings (SSSR count). The molecule has 2 aromatic carbocycles. The van der Waals surface area contributed by atoms with E-state index in [0.717, 1.165) is 34.7 Å². The number of carbonyl (C=O) groups excluding carboxylic acids is 1. The zero-order valence-electron chi connectivity index (χ0n) is 14.2. The van der Waals surface area contributed by atoms with Crippen molar-refractivity contribution in [3.05, 3.63) is 65.9 Å². The van der Waals surface area contributed by atoms with Crippen molar-refractivity contribution in [1.29, 1.82) is 0 Å². The molecule has 1 aliphatic rings. The van der Waals surface area contributed by atoms with E-state index in [1.165, 1.54) is 0 Å². The van der Waals surface area contributed by atoms with Crippen molar-refractivity contribution in [3.8, 4) is 5.75 Å². The standard InChI is InChI=1S/C20H22N2O2/c1-4-18-21-20(23)19(15-8-6-5-7-9-15)14(2)22(18)16-10-12-17(24-3)13-11-16/h5-13,18H,4H2,1-3H3,(H,21,23).